The fourth-order valence-corrected chi connectivity index (χ4v) is 2.45. The molecule has 1 aliphatic rings. The number of benzene rings is 1. The first kappa shape index (κ1) is 19.4. The number of ether oxygens (including phenoxy) is 2. The molecule has 1 amide bonds. The number of carbonyl (C=O) groups is 1. The molecule has 1 heterocycles. The summed E-state index contributed by atoms with van der Waals surface area (Å²) in [6.07, 6.45) is 2.05. The Morgan fingerprint density at radius 1 is 1.43 bits per heavy atom. The van der Waals surface area contributed by atoms with Crippen LogP contribution in [0.15, 0.2) is 18.2 Å². The molecule has 0 radical (unpaired) electrons. The zero-order valence-corrected chi connectivity index (χ0v) is 13.6. The molecule has 8 heteroatoms. The normalized spacial score (nSPS) is 16.8. The van der Waals surface area contributed by atoms with E-state index >= 15 is 0 Å². The Kier molecular flexibility index (Phi) is 8.05. The van der Waals surface area contributed by atoms with Crippen molar-refractivity contribution >= 4 is 18.3 Å². The lowest BCUT2D eigenvalue weighted by atomic mass is 10.1. The van der Waals surface area contributed by atoms with Crippen molar-refractivity contribution < 1.29 is 23.0 Å². The van der Waals surface area contributed by atoms with Crippen LogP contribution in [-0.2, 0) is 0 Å². The van der Waals surface area contributed by atoms with Gasteiger partial charge in [-0.2, -0.15) is 8.78 Å². The summed E-state index contributed by atoms with van der Waals surface area (Å²) in [4.78, 5) is 12.0. The maximum Gasteiger partial charge on any atom is 0.387 e. The number of hydrogen-bond acceptors (Lipinski definition) is 4. The molecule has 5 nitrogen and oxygen atoms in total. The fourth-order valence-electron chi connectivity index (χ4n) is 2.45. The molecule has 0 aliphatic carbocycles. The van der Waals surface area contributed by atoms with Gasteiger partial charge in [0.25, 0.3) is 5.91 Å². The Balaban J connectivity index is 0.00000264. The van der Waals surface area contributed by atoms with Gasteiger partial charge in [-0.15, -0.1) is 12.4 Å². The molecular weight excluding hydrogens is 330 g/mol. The van der Waals surface area contributed by atoms with Crippen molar-refractivity contribution in [3.63, 3.8) is 0 Å². The quantitative estimate of drug-likeness (QED) is 0.793. The highest BCUT2D eigenvalue weighted by Gasteiger charge is 2.16. The van der Waals surface area contributed by atoms with Crippen molar-refractivity contribution in [1.29, 1.82) is 0 Å². The SMILES string of the molecule is COc1cc(C(=O)NCCC2CCNC2)ccc1OC(F)F.Cl. The summed E-state index contributed by atoms with van der Waals surface area (Å²) in [5, 5.41) is 6.10. The van der Waals surface area contributed by atoms with Crippen LogP contribution < -0.4 is 20.1 Å². The van der Waals surface area contributed by atoms with E-state index in [2.05, 4.69) is 15.4 Å². The summed E-state index contributed by atoms with van der Waals surface area (Å²) in [5.41, 5.74) is 0.350. The topological polar surface area (TPSA) is 59.6 Å². The van der Waals surface area contributed by atoms with Crippen molar-refractivity contribution in [1.82, 2.24) is 10.6 Å². The van der Waals surface area contributed by atoms with Crippen LogP contribution in [0.1, 0.15) is 23.2 Å². The van der Waals surface area contributed by atoms with Crippen LogP contribution >= 0.6 is 12.4 Å². The Morgan fingerprint density at radius 3 is 2.83 bits per heavy atom. The van der Waals surface area contributed by atoms with Gasteiger partial charge < -0.3 is 20.1 Å². The van der Waals surface area contributed by atoms with E-state index in [4.69, 9.17) is 4.74 Å². The predicted octanol–water partition coefficient (Wildman–Crippen LogP) is 2.45. The minimum absolute atomic E-state index is 0. The minimum atomic E-state index is -2.94. The average molecular weight is 351 g/mol. The minimum Gasteiger partial charge on any atom is -0.493 e. The molecule has 1 aromatic rings. The molecule has 1 unspecified atom stereocenters. The number of carbonyl (C=O) groups excluding carboxylic acids is 1. The van der Waals surface area contributed by atoms with Gasteiger partial charge in [0.05, 0.1) is 7.11 Å². The molecule has 1 saturated heterocycles. The standard InChI is InChI=1S/C15H20F2N2O3.ClH/c1-21-13-8-11(2-3-12(13)22-15(16)17)14(20)19-7-5-10-4-6-18-9-10;/h2-3,8,10,15,18H,4-7,9H2,1H3,(H,19,20);1H. The number of halogens is 3. The monoisotopic (exact) mass is 350 g/mol. The van der Waals surface area contributed by atoms with Gasteiger partial charge >= 0.3 is 6.61 Å². The highest BCUT2D eigenvalue weighted by atomic mass is 35.5. The third-order valence-corrected chi connectivity index (χ3v) is 3.64. The second kappa shape index (κ2) is 9.52. The van der Waals surface area contributed by atoms with Gasteiger partial charge in [0.2, 0.25) is 0 Å². The van der Waals surface area contributed by atoms with E-state index in [-0.39, 0.29) is 29.8 Å². The van der Waals surface area contributed by atoms with Gasteiger partial charge in [-0.05, 0) is 50.0 Å². The molecule has 2 N–H and O–H groups in total. The van der Waals surface area contributed by atoms with Gasteiger partial charge in [0, 0.05) is 12.1 Å². The van der Waals surface area contributed by atoms with E-state index in [0.29, 0.717) is 18.0 Å². The number of hydrogen-bond donors (Lipinski definition) is 2. The van der Waals surface area contributed by atoms with Gasteiger partial charge in [0.1, 0.15) is 0 Å². The Bertz CT molecular complexity index is 511. The molecule has 0 spiro atoms. The van der Waals surface area contributed by atoms with Gasteiger partial charge in [0.15, 0.2) is 11.5 Å². The Labute approximate surface area is 140 Å². The fraction of sp³-hybridized carbons (Fsp3) is 0.533. The zero-order chi connectivity index (χ0) is 15.9. The maximum absolute atomic E-state index is 12.2. The molecule has 0 aromatic heterocycles. The lowest BCUT2D eigenvalue weighted by Gasteiger charge is -2.12. The van der Waals surface area contributed by atoms with E-state index in [1.165, 1.54) is 25.3 Å². The summed E-state index contributed by atoms with van der Waals surface area (Å²) in [5.74, 6) is 0.350. The summed E-state index contributed by atoms with van der Waals surface area (Å²) in [6.45, 7) is -0.332. The highest BCUT2D eigenvalue weighted by molar-refractivity contribution is 5.94. The van der Waals surface area contributed by atoms with Crippen LogP contribution in [0.2, 0.25) is 0 Å². The average Bonchev–Trinajstić information content (AvgIpc) is 3.00. The van der Waals surface area contributed by atoms with Crippen molar-refractivity contribution in [2.24, 2.45) is 5.92 Å². The lowest BCUT2D eigenvalue weighted by molar-refractivity contribution is -0.0512. The number of amides is 1. The summed E-state index contributed by atoms with van der Waals surface area (Å²) < 4.78 is 33.8. The lowest BCUT2D eigenvalue weighted by Crippen LogP contribution is -2.26. The largest absolute Gasteiger partial charge is 0.493 e. The van der Waals surface area contributed by atoms with Gasteiger partial charge in [-0.3, -0.25) is 4.79 Å². The third kappa shape index (κ3) is 5.84. The Hall–Kier alpha value is -1.60. The van der Waals surface area contributed by atoms with E-state index in [1.807, 2.05) is 0 Å². The molecule has 1 atom stereocenters. The van der Waals surface area contributed by atoms with Gasteiger partial charge in [-0.1, -0.05) is 0 Å². The number of nitrogens with one attached hydrogen (secondary N) is 2. The van der Waals surface area contributed by atoms with E-state index in [1.54, 1.807) is 0 Å². The predicted molar refractivity (Wildman–Crippen MR) is 84.8 cm³/mol. The van der Waals surface area contributed by atoms with Crippen LogP contribution in [0, 0.1) is 5.92 Å². The number of rotatable bonds is 7. The molecular formula is C15H21ClF2N2O3. The first-order valence-electron chi connectivity index (χ1n) is 7.22. The first-order chi connectivity index (χ1) is 10.6. The maximum atomic E-state index is 12.2. The molecule has 1 aromatic carbocycles. The second-order valence-electron chi connectivity index (χ2n) is 5.15. The van der Waals surface area contributed by atoms with Crippen molar-refractivity contribution in [2.45, 2.75) is 19.5 Å². The molecule has 0 bridgehead atoms. The van der Waals surface area contributed by atoms with E-state index in [9.17, 15) is 13.6 Å². The number of alkyl halides is 2. The van der Waals surface area contributed by atoms with Crippen LogP contribution in [0.5, 0.6) is 11.5 Å². The zero-order valence-electron chi connectivity index (χ0n) is 12.8. The third-order valence-electron chi connectivity index (χ3n) is 3.64. The summed E-state index contributed by atoms with van der Waals surface area (Å²) >= 11 is 0. The molecule has 130 valence electrons. The van der Waals surface area contributed by atoms with Crippen LogP contribution in [-0.4, -0.2) is 39.3 Å². The van der Waals surface area contributed by atoms with Crippen LogP contribution in [0.4, 0.5) is 8.78 Å². The first-order valence-corrected chi connectivity index (χ1v) is 7.22. The second-order valence-corrected chi connectivity index (χ2v) is 5.15. The molecule has 23 heavy (non-hydrogen) atoms. The molecule has 1 aliphatic heterocycles. The smallest absolute Gasteiger partial charge is 0.387 e. The van der Waals surface area contributed by atoms with Gasteiger partial charge in [-0.25, -0.2) is 0 Å². The van der Waals surface area contributed by atoms with E-state index < -0.39 is 6.61 Å². The van der Waals surface area contributed by atoms with Crippen LogP contribution in [0.3, 0.4) is 0 Å². The van der Waals surface area contributed by atoms with Crippen molar-refractivity contribution in [3.05, 3.63) is 23.8 Å². The number of methoxy groups -OCH3 is 1. The highest BCUT2D eigenvalue weighted by Crippen LogP contribution is 2.29. The summed E-state index contributed by atoms with van der Waals surface area (Å²) in [7, 11) is 1.34. The van der Waals surface area contributed by atoms with Crippen LogP contribution in [0.25, 0.3) is 0 Å². The van der Waals surface area contributed by atoms with Crippen molar-refractivity contribution in [3.8, 4) is 11.5 Å². The molecule has 1 fully saturated rings. The summed E-state index contributed by atoms with van der Waals surface area (Å²) in [6, 6.07) is 4.14. The van der Waals surface area contributed by atoms with E-state index in [0.717, 1.165) is 25.9 Å². The molecule has 2 rings (SSSR count). The Morgan fingerprint density at radius 2 is 2.22 bits per heavy atom. The molecule has 0 saturated carbocycles. The van der Waals surface area contributed by atoms with Crippen molar-refractivity contribution in [2.75, 3.05) is 26.7 Å².